The molecule has 1 aliphatic carbocycles. The van der Waals surface area contributed by atoms with Crippen LogP contribution in [0.15, 0.2) is 54.6 Å². The van der Waals surface area contributed by atoms with Gasteiger partial charge >= 0.3 is 5.97 Å². The summed E-state index contributed by atoms with van der Waals surface area (Å²) in [7, 11) is 0. The predicted octanol–water partition coefficient (Wildman–Crippen LogP) is 4.83. The fourth-order valence-electron chi connectivity index (χ4n) is 2.44. The van der Waals surface area contributed by atoms with Crippen LogP contribution in [0.3, 0.4) is 0 Å². The number of carbonyl (C=O) groups is 1. The first kappa shape index (κ1) is 18.2. The van der Waals surface area contributed by atoms with Crippen LogP contribution in [0.1, 0.15) is 19.8 Å². The second-order valence-electron chi connectivity index (χ2n) is 6.36. The maximum absolute atomic E-state index is 12.8. The number of esters is 1. The molecule has 1 aliphatic rings. The average Bonchev–Trinajstić information content (AvgIpc) is 3.21. The number of halogens is 2. The van der Waals surface area contributed by atoms with Crippen molar-refractivity contribution in [3.05, 3.63) is 54.6 Å². The van der Waals surface area contributed by atoms with Gasteiger partial charge in [0, 0.05) is 12.3 Å². The Kier molecular flexibility index (Phi) is 5.40. The molecule has 2 aromatic rings. The van der Waals surface area contributed by atoms with E-state index >= 15 is 0 Å². The molecule has 0 radical (unpaired) electrons. The Bertz CT molecular complexity index is 731. The lowest BCUT2D eigenvalue weighted by atomic mass is 10.3. The van der Waals surface area contributed by atoms with Gasteiger partial charge in [0.15, 0.2) is 0 Å². The normalized spacial score (nSPS) is 18.7. The Hall–Kier alpha value is -2.63. The summed E-state index contributed by atoms with van der Waals surface area (Å²) >= 11 is 0. The van der Waals surface area contributed by atoms with Crippen LogP contribution in [-0.2, 0) is 9.53 Å². The monoisotopic (exact) mass is 362 g/mol. The minimum atomic E-state index is -2.70. The van der Waals surface area contributed by atoms with Crippen LogP contribution in [0.2, 0.25) is 0 Å². The molecule has 3 rings (SSSR count). The van der Waals surface area contributed by atoms with Gasteiger partial charge in [-0.3, -0.25) is 4.79 Å². The third-order valence-electron chi connectivity index (χ3n) is 3.99. The topological polar surface area (TPSA) is 44.8 Å². The van der Waals surface area contributed by atoms with Crippen molar-refractivity contribution in [3.8, 4) is 17.2 Å². The molecule has 0 amide bonds. The van der Waals surface area contributed by atoms with Gasteiger partial charge in [-0.25, -0.2) is 8.78 Å². The van der Waals surface area contributed by atoms with Gasteiger partial charge in [-0.15, -0.1) is 0 Å². The zero-order chi connectivity index (χ0) is 18.6. The van der Waals surface area contributed by atoms with Crippen molar-refractivity contribution in [2.45, 2.75) is 31.8 Å². The predicted molar refractivity (Wildman–Crippen MR) is 91.7 cm³/mol. The highest BCUT2D eigenvalue weighted by Crippen LogP contribution is 2.50. The second kappa shape index (κ2) is 7.72. The number of para-hydroxylation sites is 1. The van der Waals surface area contributed by atoms with E-state index in [0.717, 1.165) is 5.75 Å². The van der Waals surface area contributed by atoms with Crippen LogP contribution in [0, 0.1) is 5.92 Å². The molecule has 26 heavy (non-hydrogen) atoms. The van der Waals surface area contributed by atoms with Crippen molar-refractivity contribution < 1.29 is 27.8 Å². The number of ether oxygens (including phenoxy) is 3. The van der Waals surface area contributed by atoms with E-state index < -0.39 is 17.8 Å². The molecule has 2 atom stereocenters. The molecule has 0 aliphatic heterocycles. The Morgan fingerprint density at radius 1 is 1.08 bits per heavy atom. The van der Waals surface area contributed by atoms with Crippen molar-refractivity contribution in [1.82, 2.24) is 0 Å². The molecular formula is C20H20F2O4. The van der Waals surface area contributed by atoms with Gasteiger partial charge in [0.25, 0.3) is 5.92 Å². The Morgan fingerprint density at radius 2 is 1.65 bits per heavy atom. The van der Waals surface area contributed by atoms with Crippen LogP contribution < -0.4 is 9.47 Å². The lowest BCUT2D eigenvalue weighted by Crippen LogP contribution is -2.22. The van der Waals surface area contributed by atoms with Crippen LogP contribution in [0.25, 0.3) is 0 Å². The summed E-state index contributed by atoms with van der Waals surface area (Å²) in [5.74, 6) is -2.18. The highest BCUT2D eigenvalue weighted by molar-refractivity contribution is 5.70. The minimum Gasteiger partial charge on any atom is -0.487 e. The van der Waals surface area contributed by atoms with Gasteiger partial charge in [-0.2, -0.15) is 0 Å². The number of rotatable bonds is 8. The van der Waals surface area contributed by atoms with E-state index in [2.05, 4.69) is 0 Å². The highest BCUT2D eigenvalue weighted by Gasteiger charge is 2.57. The summed E-state index contributed by atoms with van der Waals surface area (Å²) in [6, 6.07) is 16.5. The summed E-state index contributed by atoms with van der Waals surface area (Å²) < 4.78 is 41.9. The summed E-state index contributed by atoms with van der Waals surface area (Å²) in [5, 5.41) is 0. The lowest BCUT2D eigenvalue weighted by Gasteiger charge is -2.15. The van der Waals surface area contributed by atoms with E-state index in [-0.39, 0.29) is 25.6 Å². The Morgan fingerprint density at radius 3 is 2.27 bits per heavy atom. The maximum atomic E-state index is 12.8. The molecule has 0 N–H and O–H groups in total. The summed E-state index contributed by atoms with van der Waals surface area (Å²) in [4.78, 5) is 11.5. The molecular weight excluding hydrogens is 342 g/mol. The van der Waals surface area contributed by atoms with E-state index in [1.807, 2.05) is 30.3 Å². The third kappa shape index (κ3) is 5.18. The summed E-state index contributed by atoms with van der Waals surface area (Å²) in [6.07, 6.45) is -0.865. The van der Waals surface area contributed by atoms with E-state index in [0.29, 0.717) is 11.5 Å². The maximum Gasteiger partial charge on any atom is 0.306 e. The lowest BCUT2D eigenvalue weighted by molar-refractivity contribution is -0.146. The molecule has 0 saturated heterocycles. The van der Waals surface area contributed by atoms with Gasteiger partial charge in [0.2, 0.25) is 0 Å². The fourth-order valence-corrected chi connectivity index (χ4v) is 2.44. The molecule has 0 aromatic heterocycles. The van der Waals surface area contributed by atoms with E-state index in [9.17, 15) is 13.6 Å². The zero-order valence-corrected chi connectivity index (χ0v) is 14.4. The zero-order valence-electron chi connectivity index (χ0n) is 14.4. The van der Waals surface area contributed by atoms with Gasteiger partial charge in [-0.05, 0) is 43.3 Å². The van der Waals surface area contributed by atoms with Crippen molar-refractivity contribution in [3.63, 3.8) is 0 Å². The third-order valence-corrected chi connectivity index (χ3v) is 3.99. The number of carbonyl (C=O) groups excluding carboxylic acids is 1. The molecule has 138 valence electrons. The standard InChI is InChI=1S/C20H20F2O4/c1-14(13-24-19(23)11-15-12-20(15,21)22)25-17-7-9-18(10-8-17)26-16-5-3-2-4-6-16/h2-10,14-15H,11-13H2,1H3. The summed E-state index contributed by atoms with van der Waals surface area (Å²) in [5.41, 5.74) is 0. The van der Waals surface area contributed by atoms with Crippen LogP contribution in [0.5, 0.6) is 17.2 Å². The SMILES string of the molecule is CC(COC(=O)CC1CC1(F)F)Oc1ccc(Oc2ccccc2)cc1. The van der Waals surface area contributed by atoms with Crippen molar-refractivity contribution in [2.75, 3.05) is 6.61 Å². The number of hydrogen-bond donors (Lipinski definition) is 0. The van der Waals surface area contributed by atoms with Crippen molar-refractivity contribution in [2.24, 2.45) is 5.92 Å². The van der Waals surface area contributed by atoms with E-state index in [1.54, 1.807) is 31.2 Å². The minimum absolute atomic E-state index is 0.0133. The fraction of sp³-hybridized carbons (Fsp3) is 0.350. The molecule has 1 fully saturated rings. The Balaban J connectivity index is 1.41. The number of alkyl halides is 2. The smallest absolute Gasteiger partial charge is 0.306 e. The molecule has 2 unspecified atom stereocenters. The first-order valence-electron chi connectivity index (χ1n) is 8.45. The second-order valence-corrected chi connectivity index (χ2v) is 6.36. The highest BCUT2D eigenvalue weighted by atomic mass is 19.3. The molecule has 6 heteroatoms. The first-order chi connectivity index (χ1) is 12.4. The Labute approximate surface area is 150 Å². The largest absolute Gasteiger partial charge is 0.487 e. The average molecular weight is 362 g/mol. The van der Waals surface area contributed by atoms with E-state index in [1.165, 1.54) is 0 Å². The van der Waals surface area contributed by atoms with Crippen molar-refractivity contribution in [1.29, 1.82) is 0 Å². The van der Waals surface area contributed by atoms with E-state index in [4.69, 9.17) is 14.2 Å². The molecule has 0 heterocycles. The first-order valence-corrected chi connectivity index (χ1v) is 8.45. The van der Waals surface area contributed by atoms with Crippen LogP contribution in [-0.4, -0.2) is 24.6 Å². The quantitative estimate of drug-likeness (QED) is 0.631. The molecule has 1 saturated carbocycles. The number of benzene rings is 2. The van der Waals surface area contributed by atoms with Gasteiger partial charge in [0.1, 0.15) is 30.0 Å². The van der Waals surface area contributed by atoms with Crippen molar-refractivity contribution >= 4 is 5.97 Å². The van der Waals surface area contributed by atoms with Gasteiger partial charge in [0.05, 0.1) is 6.42 Å². The van der Waals surface area contributed by atoms with Crippen LogP contribution in [0.4, 0.5) is 8.78 Å². The molecule has 4 nitrogen and oxygen atoms in total. The van der Waals surface area contributed by atoms with Crippen LogP contribution >= 0.6 is 0 Å². The van der Waals surface area contributed by atoms with Gasteiger partial charge < -0.3 is 14.2 Å². The molecule has 0 bridgehead atoms. The van der Waals surface area contributed by atoms with Gasteiger partial charge in [-0.1, -0.05) is 18.2 Å². The number of hydrogen-bond acceptors (Lipinski definition) is 4. The molecule has 0 spiro atoms. The molecule has 2 aromatic carbocycles. The summed E-state index contributed by atoms with van der Waals surface area (Å²) in [6.45, 7) is 1.76.